The molecule has 2 rings (SSSR count). The number of alkyl halides is 2. The van der Waals surface area contributed by atoms with Crippen molar-refractivity contribution in [2.75, 3.05) is 11.8 Å². The number of rotatable bonds is 5. The van der Waals surface area contributed by atoms with Gasteiger partial charge in [-0.25, -0.2) is 4.39 Å². The van der Waals surface area contributed by atoms with Crippen LogP contribution in [0.5, 0.6) is 0 Å². The number of benzene rings is 2. The smallest absolute Gasteiger partial charge is 0.145 e. The third-order valence-corrected chi connectivity index (χ3v) is 5.16. The molecule has 21 heavy (non-hydrogen) atoms. The van der Waals surface area contributed by atoms with E-state index < -0.39 is 11.2 Å². The summed E-state index contributed by atoms with van der Waals surface area (Å²) in [5.74, 6) is 0.0177. The number of halogens is 5. The molecule has 0 amide bonds. The van der Waals surface area contributed by atoms with Crippen LogP contribution in [-0.2, 0) is 11.8 Å². The zero-order chi connectivity index (χ0) is 15.5. The monoisotopic (exact) mass is 364 g/mol. The molecule has 0 nitrogen and oxygen atoms in total. The van der Waals surface area contributed by atoms with Gasteiger partial charge in [0, 0.05) is 22.2 Å². The standard InChI is InChI=1S/C16H13Cl4F/c17-9-16(10-18,12-5-1-2-6-13(12)19)8-11-4-3-7-14(20)15(11)21/h1-7H,8-10H2. The second-order valence-electron chi connectivity index (χ2n) is 4.92. The van der Waals surface area contributed by atoms with E-state index in [1.807, 2.05) is 18.2 Å². The highest BCUT2D eigenvalue weighted by Crippen LogP contribution is 2.37. The Bertz CT molecular complexity index is 623. The van der Waals surface area contributed by atoms with Gasteiger partial charge in [-0.15, -0.1) is 23.2 Å². The highest BCUT2D eigenvalue weighted by Gasteiger charge is 2.34. The SMILES string of the molecule is Fc1c(Cl)cccc1CC(CCl)(CCl)c1ccccc1Cl. The van der Waals surface area contributed by atoms with Crippen molar-refractivity contribution < 1.29 is 4.39 Å². The normalized spacial score (nSPS) is 11.7. The Morgan fingerprint density at radius 2 is 1.48 bits per heavy atom. The molecule has 0 saturated carbocycles. The lowest BCUT2D eigenvalue weighted by molar-refractivity contribution is 0.512. The zero-order valence-electron chi connectivity index (χ0n) is 11.1. The summed E-state index contributed by atoms with van der Waals surface area (Å²) in [6.07, 6.45) is 0.329. The van der Waals surface area contributed by atoms with E-state index in [1.54, 1.807) is 18.2 Å². The van der Waals surface area contributed by atoms with Gasteiger partial charge >= 0.3 is 0 Å². The molecule has 0 aliphatic heterocycles. The Morgan fingerprint density at radius 1 is 0.857 bits per heavy atom. The lowest BCUT2D eigenvalue weighted by Crippen LogP contribution is -2.34. The summed E-state index contributed by atoms with van der Waals surface area (Å²) < 4.78 is 14.2. The molecule has 112 valence electrons. The number of hydrogen-bond acceptors (Lipinski definition) is 0. The van der Waals surface area contributed by atoms with Gasteiger partial charge in [0.25, 0.3) is 0 Å². The van der Waals surface area contributed by atoms with Gasteiger partial charge in [-0.3, -0.25) is 0 Å². The maximum absolute atomic E-state index is 14.2. The Balaban J connectivity index is 2.49. The molecule has 0 aromatic heterocycles. The third kappa shape index (κ3) is 3.48. The van der Waals surface area contributed by atoms with Crippen molar-refractivity contribution in [3.63, 3.8) is 0 Å². The van der Waals surface area contributed by atoms with Crippen LogP contribution in [0.1, 0.15) is 11.1 Å². The van der Waals surface area contributed by atoms with Gasteiger partial charge in [-0.2, -0.15) is 0 Å². The molecule has 0 saturated heterocycles. The first-order chi connectivity index (χ1) is 10.0. The summed E-state index contributed by atoms with van der Waals surface area (Å²) in [5, 5.41) is 0.658. The van der Waals surface area contributed by atoms with Gasteiger partial charge in [0.05, 0.1) is 5.02 Å². The van der Waals surface area contributed by atoms with Crippen LogP contribution in [0.15, 0.2) is 42.5 Å². The minimum atomic E-state index is -0.646. The van der Waals surface area contributed by atoms with Crippen LogP contribution >= 0.6 is 46.4 Å². The van der Waals surface area contributed by atoms with Crippen LogP contribution in [0.4, 0.5) is 4.39 Å². The Labute approximate surface area is 143 Å². The molecule has 0 heterocycles. The van der Waals surface area contributed by atoms with Gasteiger partial charge in [0.2, 0.25) is 0 Å². The quantitative estimate of drug-likeness (QED) is 0.562. The second-order valence-corrected chi connectivity index (χ2v) is 6.27. The van der Waals surface area contributed by atoms with E-state index in [-0.39, 0.29) is 16.8 Å². The molecule has 0 aliphatic carbocycles. The molecule has 0 atom stereocenters. The van der Waals surface area contributed by atoms with Crippen LogP contribution < -0.4 is 0 Å². The fourth-order valence-electron chi connectivity index (χ4n) is 2.31. The van der Waals surface area contributed by atoms with Crippen molar-refractivity contribution in [2.24, 2.45) is 0 Å². The van der Waals surface area contributed by atoms with Gasteiger partial charge in [-0.05, 0) is 29.7 Å². The van der Waals surface area contributed by atoms with Crippen LogP contribution in [0, 0.1) is 5.82 Å². The fourth-order valence-corrected chi connectivity index (χ4v) is 3.60. The van der Waals surface area contributed by atoms with E-state index >= 15 is 0 Å². The molecule has 0 aliphatic rings. The minimum Gasteiger partial charge on any atom is -0.205 e. The van der Waals surface area contributed by atoms with E-state index in [1.165, 1.54) is 6.07 Å². The molecule has 2 aromatic carbocycles. The van der Waals surface area contributed by atoms with Crippen molar-refractivity contribution in [3.8, 4) is 0 Å². The van der Waals surface area contributed by atoms with E-state index in [9.17, 15) is 4.39 Å². The van der Waals surface area contributed by atoms with Gasteiger partial charge in [-0.1, -0.05) is 53.5 Å². The van der Waals surface area contributed by atoms with Crippen molar-refractivity contribution in [2.45, 2.75) is 11.8 Å². The van der Waals surface area contributed by atoms with Crippen molar-refractivity contribution in [1.82, 2.24) is 0 Å². The molecule has 0 unspecified atom stereocenters. The van der Waals surface area contributed by atoms with Crippen LogP contribution in [-0.4, -0.2) is 11.8 Å². The van der Waals surface area contributed by atoms with E-state index in [0.717, 1.165) is 5.56 Å². The molecule has 0 spiro atoms. The summed E-state index contributed by atoms with van der Waals surface area (Å²) >= 11 is 24.5. The molecule has 0 N–H and O–H groups in total. The largest absolute Gasteiger partial charge is 0.205 e. The van der Waals surface area contributed by atoms with Gasteiger partial charge < -0.3 is 0 Å². The minimum absolute atomic E-state index is 0.0877. The molecule has 0 radical (unpaired) electrons. The topological polar surface area (TPSA) is 0 Å². The third-order valence-electron chi connectivity index (χ3n) is 3.52. The first-order valence-corrected chi connectivity index (χ1v) is 8.16. The molecule has 0 fully saturated rings. The van der Waals surface area contributed by atoms with Crippen molar-refractivity contribution >= 4 is 46.4 Å². The Hall–Kier alpha value is -0.470. The summed E-state index contributed by atoms with van der Waals surface area (Å²) in [6, 6.07) is 12.3. The molecule has 0 bridgehead atoms. The van der Waals surface area contributed by atoms with Crippen molar-refractivity contribution in [1.29, 1.82) is 0 Å². The zero-order valence-corrected chi connectivity index (χ0v) is 14.1. The highest BCUT2D eigenvalue weighted by molar-refractivity contribution is 6.32. The second kappa shape index (κ2) is 7.19. The molecule has 2 aromatic rings. The van der Waals surface area contributed by atoms with E-state index in [2.05, 4.69) is 0 Å². The van der Waals surface area contributed by atoms with E-state index in [4.69, 9.17) is 46.4 Å². The predicted molar refractivity (Wildman–Crippen MR) is 89.7 cm³/mol. The van der Waals surface area contributed by atoms with Crippen LogP contribution in [0.3, 0.4) is 0 Å². The Kier molecular flexibility index (Phi) is 5.79. The first-order valence-electron chi connectivity index (χ1n) is 6.34. The lowest BCUT2D eigenvalue weighted by atomic mass is 9.78. The lowest BCUT2D eigenvalue weighted by Gasteiger charge is -2.31. The average molecular weight is 366 g/mol. The molecular weight excluding hydrogens is 353 g/mol. The molecular formula is C16H13Cl4F. The van der Waals surface area contributed by atoms with Crippen molar-refractivity contribution in [3.05, 3.63) is 69.5 Å². The van der Waals surface area contributed by atoms with Crippen LogP contribution in [0.25, 0.3) is 0 Å². The summed E-state index contributed by atoms with van der Waals surface area (Å²) in [4.78, 5) is 0. The maximum Gasteiger partial charge on any atom is 0.145 e. The predicted octanol–water partition coefficient (Wildman–Crippen LogP) is 6.09. The summed E-state index contributed by atoms with van der Waals surface area (Å²) in [5.41, 5.74) is 0.646. The van der Waals surface area contributed by atoms with Gasteiger partial charge in [0.1, 0.15) is 5.82 Å². The van der Waals surface area contributed by atoms with Crippen LogP contribution in [0.2, 0.25) is 10.0 Å². The average Bonchev–Trinajstić information content (AvgIpc) is 2.50. The van der Waals surface area contributed by atoms with E-state index in [0.29, 0.717) is 17.0 Å². The van der Waals surface area contributed by atoms with Gasteiger partial charge in [0.15, 0.2) is 0 Å². The highest BCUT2D eigenvalue weighted by atomic mass is 35.5. The summed E-state index contributed by atoms with van der Waals surface area (Å²) in [6.45, 7) is 0. The number of hydrogen-bond donors (Lipinski definition) is 0. The maximum atomic E-state index is 14.2. The summed E-state index contributed by atoms with van der Waals surface area (Å²) in [7, 11) is 0. The Morgan fingerprint density at radius 3 is 2.10 bits per heavy atom. The first kappa shape index (κ1) is 16.9. The fraction of sp³-hybridized carbons (Fsp3) is 0.250. The molecule has 5 heteroatoms.